The van der Waals surface area contributed by atoms with Gasteiger partial charge in [0.2, 0.25) is 0 Å². The van der Waals surface area contributed by atoms with E-state index in [0.29, 0.717) is 6.04 Å². The minimum absolute atomic E-state index is 0.180. The Morgan fingerprint density at radius 2 is 2.06 bits per heavy atom. The number of hydrogen-bond donors (Lipinski definition) is 1. The molecule has 1 fully saturated rings. The highest BCUT2D eigenvalue weighted by atomic mass is 16.5. The molecule has 0 radical (unpaired) electrons. The van der Waals surface area contributed by atoms with Crippen LogP contribution in [0, 0.1) is 0 Å². The minimum Gasteiger partial charge on any atom is -0.370 e. The number of nitrogens with one attached hydrogen (secondary N) is 1. The van der Waals surface area contributed by atoms with Crippen molar-refractivity contribution in [2.45, 2.75) is 32.5 Å². The Morgan fingerprint density at radius 3 is 2.59 bits per heavy atom. The number of rotatable bonds is 4. The Hall–Kier alpha value is -1.06. The SMILES string of the molecule is CCN(CC1COC(C)(C)N1)c1ccccc1. The molecule has 1 unspecified atom stereocenters. The van der Waals surface area contributed by atoms with Gasteiger partial charge in [-0.2, -0.15) is 0 Å². The van der Waals surface area contributed by atoms with E-state index in [2.05, 4.69) is 61.3 Å². The molecule has 1 aliphatic rings. The average Bonchev–Trinajstić information content (AvgIpc) is 2.67. The summed E-state index contributed by atoms with van der Waals surface area (Å²) in [7, 11) is 0. The van der Waals surface area contributed by atoms with E-state index in [9.17, 15) is 0 Å². The van der Waals surface area contributed by atoms with Gasteiger partial charge in [0.1, 0.15) is 5.72 Å². The summed E-state index contributed by atoms with van der Waals surface area (Å²) < 4.78 is 5.70. The first-order valence-corrected chi connectivity index (χ1v) is 6.32. The van der Waals surface area contributed by atoms with Crippen LogP contribution in [0.4, 0.5) is 5.69 Å². The second-order valence-electron chi connectivity index (χ2n) is 5.04. The summed E-state index contributed by atoms with van der Waals surface area (Å²) in [6.07, 6.45) is 0. The van der Waals surface area contributed by atoms with Crippen LogP contribution in [0.3, 0.4) is 0 Å². The largest absolute Gasteiger partial charge is 0.370 e. The quantitative estimate of drug-likeness (QED) is 0.864. The molecule has 1 aromatic carbocycles. The number of likely N-dealkylation sites (N-methyl/N-ethyl adjacent to an activating group) is 1. The van der Waals surface area contributed by atoms with Crippen molar-refractivity contribution < 1.29 is 4.74 Å². The number of benzene rings is 1. The fourth-order valence-electron chi connectivity index (χ4n) is 2.30. The number of hydrogen-bond acceptors (Lipinski definition) is 3. The molecule has 1 heterocycles. The zero-order chi connectivity index (χ0) is 12.3. The maximum absolute atomic E-state index is 5.70. The summed E-state index contributed by atoms with van der Waals surface area (Å²) in [5, 5.41) is 3.50. The second kappa shape index (κ2) is 5.07. The first kappa shape index (κ1) is 12.4. The minimum atomic E-state index is -0.180. The molecule has 1 N–H and O–H groups in total. The Balaban J connectivity index is 1.97. The van der Waals surface area contributed by atoms with E-state index in [-0.39, 0.29) is 5.72 Å². The van der Waals surface area contributed by atoms with Gasteiger partial charge in [-0.25, -0.2) is 0 Å². The molecule has 1 aromatic rings. The van der Waals surface area contributed by atoms with Crippen molar-refractivity contribution in [2.24, 2.45) is 0 Å². The molecule has 2 rings (SSSR count). The van der Waals surface area contributed by atoms with Crippen LogP contribution in [0.15, 0.2) is 30.3 Å². The fourth-order valence-corrected chi connectivity index (χ4v) is 2.30. The molecule has 0 amide bonds. The Morgan fingerprint density at radius 1 is 1.35 bits per heavy atom. The van der Waals surface area contributed by atoms with Gasteiger partial charge < -0.3 is 9.64 Å². The molecule has 94 valence electrons. The number of ether oxygens (including phenoxy) is 1. The third-order valence-corrected chi connectivity index (χ3v) is 3.14. The van der Waals surface area contributed by atoms with Crippen LogP contribution < -0.4 is 10.2 Å². The van der Waals surface area contributed by atoms with E-state index in [1.54, 1.807) is 0 Å². The van der Waals surface area contributed by atoms with Gasteiger partial charge >= 0.3 is 0 Å². The third kappa shape index (κ3) is 3.20. The number of para-hydroxylation sites is 1. The predicted molar refractivity (Wildman–Crippen MR) is 71.3 cm³/mol. The highest BCUT2D eigenvalue weighted by Crippen LogP contribution is 2.18. The van der Waals surface area contributed by atoms with E-state index in [1.165, 1.54) is 5.69 Å². The lowest BCUT2D eigenvalue weighted by Crippen LogP contribution is -2.44. The van der Waals surface area contributed by atoms with Crippen molar-refractivity contribution in [2.75, 3.05) is 24.6 Å². The molecule has 0 bridgehead atoms. The molecule has 1 atom stereocenters. The number of anilines is 1. The maximum Gasteiger partial charge on any atom is 0.113 e. The van der Waals surface area contributed by atoms with Crippen molar-refractivity contribution >= 4 is 5.69 Å². The van der Waals surface area contributed by atoms with E-state index in [4.69, 9.17) is 4.74 Å². The van der Waals surface area contributed by atoms with Crippen LogP contribution in [0.5, 0.6) is 0 Å². The zero-order valence-electron chi connectivity index (χ0n) is 10.9. The highest BCUT2D eigenvalue weighted by molar-refractivity contribution is 5.46. The van der Waals surface area contributed by atoms with Gasteiger partial charge in [-0.05, 0) is 32.9 Å². The van der Waals surface area contributed by atoms with E-state index >= 15 is 0 Å². The van der Waals surface area contributed by atoms with Gasteiger partial charge in [-0.1, -0.05) is 18.2 Å². The average molecular weight is 234 g/mol. The van der Waals surface area contributed by atoms with Crippen molar-refractivity contribution in [3.05, 3.63) is 30.3 Å². The second-order valence-corrected chi connectivity index (χ2v) is 5.04. The van der Waals surface area contributed by atoms with Gasteiger partial charge in [0.15, 0.2) is 0 Å². The van der Waals surface area contributed by atoms with Gasteiger partial charge in [0, 0.05) is 18.8 Å². The van der Waals surface area contributed by atoms with Crippen molar-refractivity contribution in [3.63, 3.8) is 0 Å². The molecule has 1 aliphatic heterocycles. The lowest BCUT2D eigenvalue weighted by molar-refractivity contribution is 0.0231. The summed E-state index contributed by atoms with van der Waals surface area (Å²) in [6.45, 7) is 9.13. The van der Waals surface area contributed by atoms with Crippen LogP contribution >= 0.6 is 0 Å². The maximum atomic E-state index is 5.70. The molecular weight excluding hydrogens is 212 g/mol. The summed E-state index contributed by atoms with van der Waals surface area (Å²) >= 11 is 0. The van der Waals surface area contributed by atoms with E-state index < -0.39 is 0 Å². The van der Waals surface area contributed by atoms with Gasteiger partial charge in [-0.3, -0.25) is 5.32 Å². The Kier molecular flexibility index (Phi) is 3.69. The molecule has 3 nitrogen and oxygen atoms in total. The van der Waals surface area contributed by atoms with Crippen LogP contribution in [0.1, 0.15) is 20.8 Å². The molecule has 0 saturated carbocycles. The van der Waals surface area contributed by atoms with Gasteiger partial charge in [0.05, 0.1) is 12.6 Å². The number of nitrogens with zero attached hydrogens (tertiary/aromatic N) is 1. The Labute approximate surface area is 104 Å². The molecule has 3 heteroatoms. The standard InChI is InChI=1S/C14H22N2O/c1-4-16(13-8-6-5-7-9-13)10-12-11-17-14(2,3)15-12/h5-9,12,15H,4,10-11H2,1-3H3. The molecular formula is C14H22N2O. The summed E-state index contributed by atoms with van der Waals surface area (Å²) in [5.74, 6) is 0. The van der Waals surface area contributed by atoms with Crippen LogP contribution in [-0.4, -0.2) is 31.5 Å². The van der Waals surface area contributed by atoms with Crippen LogP contribution in [0.2, 0.25) is 0 Å². The predicted octanol–water partition coefficient (Wildman–Crippen LogP) is 2.24. The monoisotopic (exact) mass is 234 g/mol. The van der Waals surface area contributed by atoms with Crippen molar-refractivity contribution in [3.8, 4) is 0 Å². The van der Waals surface area contributed by atoms with Gasteiger partial charge in [0.25, 0.3) is 0 Å². The first-order chi connectivity index (χ1) is 8.11. The van der Waals surface area contributed by atoms with E-state index in [0.717, 1.165) is 19.7 Å². The van der Waals surface area contributed by atoms with Crippen molar-refractivity contribution in [1.82, 2.24) is 5.32 Å². The van der Waals surface area contributed by atoms with Crippen LogP contribution in [-0.2, 0) is 4.74 Å². The Bertz CT molecular complexity index is 350. The van der Waals surface area contributed by atoms with Crippen molar-refractivity contribution in [1.29, 1.82) is 0 Å². The summed E-state index contributed by atoms with van der Waals surface area (Å²) in [4.78, 5) is 2.38. The zero-order valence-corrected chi connectivity index (χ0v) is 10.9. The topological polar surface area (TPSA) is 24.5 Å². The molecule has 0 aliphatic carbocycles. The normalized spacial score (nSPS) is 22.6. The smallest absolute Gasteiger partial charge is 0.113 e. The molecule has 0 aromatic heterocycles. The summed E-state index contributed by atoms with van der Waals surface area (Å²) in [5.41, 5.74) is 1.10. The van der Waals surface area contributed by atoms with Crippen LogP contribution in [0.25, 0.3) is 0 Å². The van der Waals surface area contributed by atoms with E-state index in [1.807, 2.05) is 0 Å². The molecule has 17 heavy (non-hydrogen) atoms. The fraction of sp³-hybridized carbons (Fsp3) is 0.571. The summed E-state index contributed by atoms with van der Waals surface area (Å²) in [6, 6.07) is 10.9. The lowest BCUT2D eigenvalue weighted by atomic mass is 10.2. The molecule has 0 spiro atoms. The third-order valence-electron chi connectivity index (χ3n) is 3.14. The first-order valence-electron chi connectivity index (χ1n) is 6.32. The lowest BCUT2D eigenvalue weighted by Gasteiger charge is -2.27. The molecule has 1 saturated heterocycles. The van der Waals surface area contributed by atoms with Gasteiger partial charge in [-0.15, -0.1) is 0 Å². The highest BCUT2D eigenvalue weighted by Gasteiger charge is 2.31.